The first kappa shape index (κ1) is 19.0. The predicted molar refractivity (Wildman–Crippen MR) is 112 cm³/mol. The number of carbonyl (C=O) groups excluding carboxylic acids is 2. The fraction of sp³-hybridized carbons (Fsp3) is 0.364. The number of carbonyl (C=O) groups is 2. The Labute approximate surface area is 169 Å². The molecule has 2 fully saturated rings. The minimum Gasteiger partial charge on any atom is -0.398 e. The Morgan fingerprint density at radius 1 is 0.964 bits per heavy atom. The summed E-state index contributed by atoms with van der Waals surface area (Å²) in [6, 6.07) is 17.9. The number of nitrogen functional groups attached to an aromatic ring is 1. The number of hydrogen-bond acceptors (Lipinski definition) is 5. The van der Waals surface area contributed by atoms with Crippen LogP contribution in [0.4, 0.5) is 5.69 Å². The smallest absolute Gasteiger partial charge is 0.243 e. The van der Waals surface area contributed by atoms with Gasteiger partial charge in [-0.2, -0.15) is 0 Å². The molecule has 0 radical (unpaired) electrons. The Balaban J connectivity index is 1.35. The molecule has 2 aromatic carbocycles. The van der Waals surface area contributed by atoms with Gasteiger partial charge in [0, 0.05) is 42.7 Å². The maximum Gasteiger partial charge on any atom is 0.243 e. The van der Waals surface area contributed by atoms with Crippen molar-refractivity contribution in [2.24, 2.45) is 0 Å². The van der Waals surface area contributed by atoms with E-state index in [0.29, 0.717) is 5.69 Å². The standard InChI is InChI=1S/C22H25N3O2S/c23-18-8-4-5-9-19(18)28-20-14-21(26)25(22(20)27)17-10-12-24(13-11-17)15-16-6-2-1-3-7-16/h1-9,17,20H,10-15,23H2/t20-/m0/s1. The molecule has 2 aliphatic heterocycles. The van der Waals surface area contributed by atoms with Crippen LogP contribution in [-0.4, -0.2) is 46.0 Å². The van der Waals surface area contributed by atoms with Crippen LogP contribution in [-0.2, 0) is 16.1 Å². The van der Waals surface area contributed by atoms with Crippen LogP contribution in [0.1, 0.15) is 24.8 Å². The molecule has 4 rings (SSSR count). The van der Waals surface area contributed by atoms with Gasteiger partial charge in [0.25, 0.3) is 0 Å². The molecule has 146 valence electrons. The number of rotatable bonds is 5. The van der Waals surface area contributed by atoms with Gasteiger partial charge in [-0.3, -0.25) is 19.4 Å². The Morgan fingerprint density at radius 2 is 1.64 bits per heavy atom. The van der Waals surface area contributed by atoms with E-state index in [1.54, 1.807) is 0 Å². The minimum atomic E-state index is -0.362. The van der Waals surface area contributed by atoms with Gasteiger partial charge in [0.15, 0.2) is 0 Å². The number of para-hydroxylation sites is 1. The molecule has 5 nitrogen and oxygen atoms in total. The lowest BCUT2D eigenvalue weighted by atomic mass is 10.0. The highest BCUT2D eigenvalue weighted by atomic mass is 32.2. The maximum absolute atomic E-state index is 12.9. The van der Waals surface area contributed by atoms with Crippen LogP contribution in [0.25, 0.3) is 0 Å². The number of imide groups is 1. The zero-order valence-corrected chi connectivity index (χ0v) is 16.6. The Hall–Kier alpha value is -2.31. The fourth-order valence-electron chi connectivity index (χ4n) is 4.02. The summed E-state index contributed by atoms with van der Waals surface area (Å²) >= 11 is 1.41. The summed E-state index contributed by atoms with van der Waals surface area (Å²) in [6.07, 6.45) is 1.95. The van der Waals surface area contributed by atoms with Gasteiger partial charge in [-0.05, 0) is 30.5 Å². The van der Waals surface area contributed by atoms with Crippen molar-refractivity contribution < 1.29 is 9.59 Å². The highest BCUT2D eigenvalue weighted by Gasteiger charge is 2.43. The van der Waals surface area contributed by atoms with Gasteiger partial charge < -0.3 is 5.73 Å². The van der Waals surface area contributed by atoms with Crippen LogP contribution in [0.5, 0.6) is 0 Å². The number of piperidine rings is 1. The van der Waals surface area contributed by atoms with E-state index in [0.717, 1.165) is 37.4 Å². The first-order chi connectivity index (χ1) is 13.6. The molecule has 2 amide bonds. The Kier molecular flexibility index (Phi) is 5.69. The first-order valence-corrected chi connectivity index (χ1v) is 10.6. The summed E-state index contributed by atoms with van der Waals surface area (Å²) < 4.78 is 0. The molecule has 0 aliphatic carbocycles. The quantitative estimate of drug-likeness (QED) is 0.622. The number of nitrogens with two attached hydrogens (primary N) is 1. The van der Waals surface area contributed by atoms with Gasteiger partial charge in [0.05, 0.1) is 5.25 Å². The fourth-order valence-corrected chi connectivity index (χ4v) is 5.12. The molecule has 2 N–H and O–H groups in total. The van der Waals surface area contributed by atoms with Crippen LogP contribution >= 0.6 is 11.8 Å². The maximum atomic E-state index is 12.9. The van der Waals surface area contributed by atoms with Crippen molar-refractivity contribution >= 4 is 29.3 Å². The molecule has 2 aliphatic rings. The average molecular weight is 396 g/mol. The number of amides is 2. The second-order valence-corrected chi connectivity index (χ2v) is 8.69. The summed E-state index contributed by atoms with van der Waals surface area (Å²) in [7, 11) is 0. The van der Waals surface area contributed by atoms with Crippen molar-refractivity contribution in [3.05, 3.63) is 60.2 Å². The van der Waals surface area contributed by atoms with Crippen LogP contribution in [0.3, 0.4) is 0 Å². The second kappa shape index (κ2) is 8.37. The third kappa shape index (κ3) is 4.08. The predicted octanol–water partition coefficient (Wildman–Crippen LogP) is 3.15. The van der Waals surface area contributed by atoms with E-state index in [-0.39, 0.29) is 29.5 Å². The van der Waals surface area contributed by atoms with Crippen LogP contribution in [0.2, 0.25) is 0 Å². The Bertz CT molecular complexity index is 850. The number of hydrogen-bond donors (Lipinski definition) is 1. The number of benzene rings is 2. The van der Waals surface area contributed by atoms with Crippen LogP contribution < -0.4 is 5.73 Å². The largest absolute Gasteiger partial charge is 0.398 e. The highest BCUT2D eigenvalue weighted by Crippen LogP contribution is 2.36. The summed E-state index contributed by atoms with van der Waals surface area (Å²) in [6.45, 7) is 2.72. The molecule has 0 aromatic heterocycles. The van der Waals surface area contributed by atoms with Crippen molar-refractivity contribution in [1.29, 1.82) is 0 Å². The number of likely N-dealkylation sites (tertiary alicyclic amines) is 2. The zero-order valence-electron chi connectivity index (χ0n) is 15.8. The van der Waals surface area contributed by atoms with Crippen molar-refractivity contribution in [2.45, 2.75) is 42.0 Å². The molecule has 0 bridgehead atoms. The van der Waals surface area contributed by atoms with Gasteiger partial charge in [0.2, 0.25) is 11.8 Å². The molecule has 2 aromatic rings. The van der Waals surface area contributed by atoms with Gasteiger partial charge in [-0.25, -0.2) is 0 Å². The number of nitrogens with zero attached hydrogens (tertiary/aromatic N) is 2. The summed E-state index contributed by atoms with van der Waals surface area (Å²) in [5, 5.41) is -0.362. The molecular formula is C22H25N3O2S. The van der Waals surface area contributed by atoms with Gasteiger partial charge in [-0.1, -0.05) is 42.5 Å². The SMILES string of the molecule is Nc1ccccc1S[C@H]1CC(=O)N(C2CCN(Cc3ccccc3)CC2)C1=O. The van der Waals surface area contributed by atoms with Crippen LogP contribution in [0.15, 0.2) is 59.5 Å². The molecule has 2 saturated heterocycles. The summed E-state index contributed by atoms with van der Waals surface area (Å²) in [5.41, 5.74) is 7.95. The molecule has 1 atom stereocenters. The molecule has 0 unspecified atom stereocenters. The van der Waals surface area contributed by atoms with Gasteiger partial charge in [0.1, 0.15) is 0 Å². The summed E-state index contributed by atoms with van der Waals surface area (Å²) in [5.74, 6) is -0.0988. The Morgan fingerprint density at radius 3 is 2.36 bits per heavy atom. The van der Waals surface area contributed by atoms with E-state index in [1.165, 1.54) is 22.2 Å². The third-order valence-corrected chi connectivity index (χ3v) is 6.78. The van der Waals surface area contributed by atoms with Crippen molar-refractivity contribution in [3.63, 3.8) is 0 Å². The molecule has 6 heteroatoms. The molecule has 2 heterocycles. The lowest BCUT2D eigenvalue weighted by Gasteiger charge is -2.35. The van der Waals surface area contributed by atoms with E-state index in [9.17, 15) is 9.59 Å². The lowest BCUT2D eigenvalue weighted by molar-refractivity contribution is -0.142. The number of thioether (sulfide) groups is 1. The topological polar surface area (TPSA) is 66.6 Å². The minimum absolute atomic E-state index is 0.0192. The lowest BCUT2D eigenvalue weighted by Crippen LogP contribution is -2.47. The first-order valence-electron chi connectivity index (χ1n) is 9.75. The number of anilines is 1. The van der Waals surface area contributed by atoms with Gasteiger partial charge >= 0.3 is 0 Å². The molecule has 0 saturated carbocycles. The second-order valence-electron chi connectivity index (χ2n) is 7.44. The van der Waals surface area contributed by atoms with E-state index in [4.69, 9.17) is 5.73 Å². The molecule has 0 spiro atoms. The van der Waals surface area contributed by atoms with Crippen molar-refractivity contribution in [3.8, 4) is 0 Å². The normalized spacial score (nSPS) is 21.4. The average Bonchev–Trinajstić information content (AvgIpc) is 2.98. The van der Waals surface area contributed by atoms with Crippen LogP contribution in [0, 0.1) is 0 Å². The summed E-state index contributed by atoms with van der Waals surface area (Å²) in [4.78, 5) is 30.3. The van der Waals surface area contributed by atoms with E-state index >= 15 is 0 Å². The van der Waals surface area contributed by atoms with Crippen molar-refractivity contribution in [2.75, 3.05) is 18.8 Å². The third-order valence-electron chi connectivity index (χ3n) is 5.50. The van der Waals surface area contributed by atoms with Crippen molar-refractivity contribution in [1.82, 2.24) is 9.80 Å². The highest BCUT2D eigenvalue weighted by molar-refractivity contribution is 8.00. The molecular weight excluding hydrogens is 370 g/mol. The monoisotopic (exact) mass is 395 g/mol. The van der Waals surface area contributed by atoms with Gasteiger partial charge in [-0.15, -0.1) is 11.8 Å². The zero-order chi connectivity index (χ0) is 19.5. The van der Waals surface area contributed by atoms with E-state index < -0.39 is 0 Å². The van der Waals surface area contributed by atoms with E-state index in [2.05, 4.69) is 29.2 Å². The molecule has 28 heavy (non-hydrogen) atoms. The van der Waals surface area contributed by atoms with E-state index in [1.807, 2.05) is 30.3 Å².